The van der Waals surface area contributed by atoms with Crippen LogP contribution in [0.3, 0.4) is 0 Å². The smallest absolute Gasteiger partial charge is 0.243 e. The Balaban J connectivity index is 3.08. The summed E-state index contributed by atoms with van der Waals surface area (Å²) in [7, 11) is -3.54. The summed E-state index contributed by atoms with van der Waals surface area (Å²) in [5.41, 5.74) is 1.14. The minimum absolute atomic E-state index is 0.118. The van der Waals surface area contributed by atoms with Crippen LogP contribution < -0.4 is 0 Å². The van der Waals surface area contributed by atoms with Crippen LogP contribution >= 0.6 is 0 Å². The zero-order valence-electron chi connectivity index (χ0n) is 12.7. The van der Waals surface area contributed by atoms with E-state index in [2.05, 4.69) is 13.8 Å². The topological polar surface area (TPSA) is 57.6 Å². The predicted octanol–water partition coefficient (Wildman–Crippen LogP) is 2.59. The maximum atomic E-state index is 12.5. The zero-order valence-corrected chi connectivity index (χ0v) is 13.5. The van der Waals surface area contributed by atoms with Gasteiger partial charge in [0.25, 0.3) is 0 Å². The summed E-state index contributed by atoms with van der Waals surface area (Å²) in [5.74, 6) is 0.422. The molecule has 0 amide bonds. The molecule has 1 unspecified atom stereocenters. The van der Waals surface area contributed by atoms with Crippen LogP contribution in [0.2, 0.25) is 0 Å². The first-order valence-electron chi connectivity index (χ1n) is 7.07. The van der Waals surface area contributed by atoms with E-state index >= 15 is 0 Å². The van der Waals surface area contributed by atoms with Crippen molar-refractivity contribution in [2.45, 2.75) is 51.0 Å². The minimum atomic E-state index is -3.54. The Morgan fingerprint density at radius 3 is 2.10 bits per heavy atom. The largest absolute Gasteiger partial charge is 0.395 e. The SMILES string of the molecule is CCC(C)c1ccc(S(=O)(=O)N(CCO)C(C)C)cc1. The molecule has 1 N–H and O–H groups in total. The number of aliphatic hydroxyl groups is 1. The van der Waals surface area contributed by atoms with E-state index in [1.54, 1.807) is 26.0 Å². The van der Waals surface area contributed by atoms with Crippen LogP contribution in [0.25, 0.3) is 0 Å². The highest BCUT2D eigenvalue weighted by molar-refractivity contribution is 7.89. The van der Waals surface area contributed by atoms with Gasteiger partial charge in [0.15, 0.2) is 0 Å². The molecule has 5 heteroatoms. The van der Waals surface area contributed by atoms with Crippen molar-refractivity contribution in [1.82, 2.24) is 4.31 Å². The van der Waals surface area contributed by atoms with E-state index in [1.165, 1.54) is 4.31 Å². The summed E-state index contributed by atoms with van der Waals surface area (Å²) in [6.07, 6.45) is 1.02. The van der Waals surface area contributed by atoms with Gasteiger partial charge in [0.2, 0.25) is 10.0 Å². The van der Waals surface area contributed by atoms with Crippen molar-refractivity contribution in [3.63, 3.8) is 0 Å². The van der Waals surface area contributed by atoms with Gasteiger partial charge in [0.05, 0.1) is 11.5 Å². The monoisotopic (exact) mass is 299 g/mol. The summed E-state index contributed by atoms with van der Waals surface area (Å²) >= 11 is 0. The lowest BCUT2D eigenvalue weighted by molar-refractivity contribution is 0.236. The van der Waals surface area contributed by atoms with Gasteiger partial charge in [-0.15, -0.1) is 0 Å². The van der Waals surface area contributed by atoms with Gasteiger partial charge in [-0.1, -0.05) is 26.0 Å². The molecule has 0 aliphatic heterocycles. The highest BCUT2D eigenvalue weighted by atomic mass is 32.2. The molecular weight excluding hydrogens is 274 g/mol. The average Bonchev–Trinajstić information content (AvgIpc) is 2.43. The van der Waals surface area contributed by atoms with E-state index in [1.807, 2.05) is 12.1 Å². The molecule has 20 heavy (non-hydrogen) atoms. The van der Waals surface area contributed by atoms with Crippen molar-refractivity contribution in [2.75, 3.05) is 13.2 Å². The molecule has 4 nitrogen and oxygen atoms in total. The summed E-state index contributed by atoms with van der Waals surface area (Å²) in [4.78, 5) is 0.284. The third-order valence-corrected chi connectivity index (χ3v) is 5.65. The van der Waals surface area contributed by atoms with E-state index in [4.69, 9.17) is 5.11 Å². The fraction of sp³-hybridized carbons (Fsp3) is 0.600. The van der Waals surface area contributed by atoms with Gasteiger partial charge in [-0.05, 0) is 43.9 Å². The van der Waals surface area contributed by atoms with Crippen LogP contribution in [0.5, 0.6) is 0 Å². The fourth-order valence-corrected chi connectivity index (χ4v) is 3.72. The molecule has 1 atom stereocenters. The van der Waals surface area contributed by atoms with Crippen LogP contribution in [0, 0.1) is 0 Å². The maximum Gasteiger partial charge on any atom is 0.243 e. The lowest BCUT2D eigenvalue weighted by atomic mass is 9.99. The second kappa shape index (κ2) is 7.20. The Morgan fingerprint density at radius 2 is 1.70 bits per heavy atom. The Morgan fingerprint density at radius 1 is 1.15 bits per heavy atom. The number of benzene rings is 1. The summed E-state index contributed by atoms with van der Waals surface area (Å²) < 4.78 is 26.4. The molecule has 114 valence electrons. The first-order chi connectivity index (χ1) is 9.34. The van der Waals surface area contributed by atoms with Gasteiger partial charge in [-0.3, -0.25) is 0 Å². The van der Waals surface area contributed by atoms with Gasteiger partial charge in [-0.25, -0.2) is 8.42 Å². The van der Waals surface area contributed by atoms with Crippen LogP contribution in [-0.4, -0.2) is 37.0 Å². The minimum Gasteiger partial charge on any atom is -0.395 e. The Bertz CT molecular complexity index is 508. The summed E-state index contributed by atoms with van der Waals surface area (Å²) in [6, 6.07) is 6.88. The Labute approximate surface area is 122 Å². The number of aliphatic hydroxyl groups excluding tert-OH is 1. The lowest BCUT2D eigenvalue weighted by Crippen LogP contribution is -2.38. The molecule has 0 aromatic heterocycles. The van der Waals surface area contributed by atoms with Crippen LogP contribution in [0.15, 0.2) is 29.2 Å². The van der Waals surface area contributed by atoms with Crippen LogP contribution in [0.1, 0.15) is 45.6 Å². The second-order valence-corrected chi connectivity index (χ2v) is 7.20. The molecule has 0 saturated heterocycles. The van der Waals surface area contributed by atoms with E-state index in [9.17, 15) is 8.42 Å². The molecule has 1 rings (SSSR count). The molecule has 0 radical (unpaired) electrons. The average molecular weight is 299 g/mol. The van der Waals surface area contributed by atoms with Crippen molar-refractivity contribution in [1.29, 1.82) is 0 Å². The molecule has 1 aromatic carbocycles. The lowest BCUT2D eigenvalue weighted by Gasteiger charge is -2.25. The molecule has 0 aliphatic carbocycles. The molecule has 0 saturated carbocycles. The summed E-state index contributed by atoms with van der Waals surface area (Å²) in [6.45, 7) is 7.78. The molecule has 0 bridgehead atoms. The molecule has 0 aliphatic rings. The fourth-order valence-electron chi connectivity index (χ4n) is 2.09. The van der Waals surface area contributed by atoms with Gasteiger partial charge < -0.3 is 5.11 Å². The first-order valence-corrected chi connectivity index (χ1v) is 8.51. The first kappa shape index (κ1) is 17.1. The predicted molar refractivity (Wildman–Crippen MR) is 81.3 cm³/mol. The second-order valence-electron chi connectivity index (χ2n) is 5.31. The molecule has 0 heterocycles. The Kier molecular flexibility index (Phi) is 6.17. The van der Waals surface area contributed by atoms with E-state index in [0.29, 0.717) is 5.92 Å². The van der Waals surface area contributed by atoms with Gasteiger partial charge >= 0.3 is 0 Å². The number of nitrogens with zero attached hydrogens (tertiary/aromatic N) is 1. The highest BCUT2D eigenvalue weighted by Crippen LogP contribution is 2.23. The van der Waals surface area contributed by atoms with E-state index in [0.717, 1.165) is 12.0 Å². The van der Waals surface area contributed by atoms with Gasteiger partial charge in [0.1, 0.15) is 0 Å². The molecule has 0 spiro atoms. The quantitative estimate of drug-likeness (QED) is 0.842. The molecule has 1 aromatic rings. The van der Waals surface area contributed by atoms with Crippen molar-refractivity contribution >= 4 is 10.0 Å². The summed E-state index contributed by atoms with van der Waals surface area (Å²) in [5, 5.41) is 9.04. The number of hydrogen-bond acceptors (Lipinski definition) is 3. The van der Waals surface area contributed by atoms with Crippen molar-refractivity contribution < 1.29 is 13.5 Å². The number of hydrogen-bond donors (Lipinski definition) is 1. The van der Waals surface area contributed by atoms with E-state index in [-0.39, 0.29) is 24.1 Å². The highest BCUT2D eigenvalue weighted by Gasteiger charge is 2.26. The van der Waals surface area contributed by atoms with Crippen LogP contribution in [0.4, 0.5) is 0 Å². The van der Waals surface area contributed by atoms with E-state index < -0.39 is 10.0 Å². The van der Waals surface area contributed by atoms with Crippen molar-refractivity contribution in [2.24, 2.45) is 0 Å². The third kappa shape index (κ3) is 3.81. The normalized spacial score (nSPS) is 13.9. The molecular formula is C15H25NO3S. The molecule has 0 fully saturated rings. The number of sulfonamides is 1. The zero-order chi connectivity index (χ0) is 15.3. The standard InChI is InChI=1S/C15H25NO3S/c1-5-13(4)14-6-8-15(9-7-14)20(18,19)16(10-11-17)12(2)3/h6-9,12-13,17H,5,10-11H2,1-4H3. The van der Waals surface area contributed by atoms with Gasteiger partial charge in [0, 0.05) is 12.6 Å². The Hall–Kier alpha value is -0.910. The van der Waals surface area contributed by atoms with Crippen molar-refractivity contribution in [3.8, 4) is 0 Å². The maximum absolute atomic E-state index is 12.5. The number of rotatable bonds is 7. The van der Waals surface area contributed by atoms with Gasteiger partial charge in [-0.2, -0.15) is 4.31 Å². The third-order valence-electron chi connectivity index (χ3n) is 3.56. The van der Waals surface area contributed by atoms with Crippen molar-refractivity contribution in [3.05, 3.63) is 29.8 Å². The van der Waals surface area contributed by atoms with Crippen LogP contribution in [-0.2, 0) is 10.0 Å².